The first kappa shape index (κ1) is 13.8. The fraction of sp³-hybridized carbons (Fsp3) is 0.400. The van der Waals surface area contributed by atoms with Crippen molar-refractivity contribution in [1.29, 1.82) is 0 Å². The summed E-state index contributed by atoms with van der Waals surface area (Å²) in [7, 11) is 5.54. The summed E-state index contributed by atoms with van der Waals surface area (Å²) in [6, 6.07) is 5.81. The van der Waals surface area contributed by atoms with Crippen molar-refractivity contribution < 1.29 is 9.47 Å². The number of nitrogen functional groups attached to an aromatic ring is 1. The Morgan fingerprint density at radius 1 is 1.24 bits per heavy atom. The Morgan fingerprint density at radius 2 is 2.00 bits per heavy atom. The fourth-order valence-electron chi connectivity index (χ4n) is 2.55. The van der Waals surface area contributed by atoms with Crippen LogP contribution < -0.4 is 15.2 Å². The van der Waals surface area contributed by atoms with Gasteiger partial charge in [-0.15, -0.1) is 0 Å². The Balaban J connectivity index is 2.01. The molecule has 1 aliphatic rings. The molecule has 1 saturated heterocycles. The van der Waals surface area contributed by atoms with Crippen molar-refractivity contribution in [3.8, 4) is 22.6 Å². The number of aryl methyl sites for hydroxylation is 1. The standard InChI is InChI=1S/C15H20N4O2/c1-18-8-10(9-18)21-14-11(5-4-6-13(14)20-3)12-7-17-19(2)15(12)16/h4-7,10H,8-9,16H2,1-3H3. The topological polar surface area (TPSA) is 65.5 Å². The van der Waals surface area contributed by atoms with Crippen molar-refractivity contribution in [2.45, 2.75) is 6.10 Å². The molecule has 0 unspecified atom stereocenters. The number of ether oxygens (including phenoxy) is 2. The van der Waals surface area contributed by atoms with Gasteiger partial charge < -0.3 is 15.2 Å². The molecule has 1 aromatic heterocycles. The Bertz CT molecular complexity index is 647. The molecule has 0 atom stereocenters. The first-order valence-corrected chi connectivity index (χ1v) is 6.90. The summed E-state index contributed by atoms with van der Waals surface area (Å²) >= 11 is 0. The summed E-state index contributed by atoms with van der Waals surface area (Å²) in [5.41, 5.74) is 7.86. The lowest BCUT2D eigenvalue weighted by Crippen LogP contribution is -2.51. The van der Waals surface area contributed by atoms with Crippen LogP contribution in [-0.2, 0) is 7.05 Å². The van der Waals surface area contributed by atoms with E-state index < -0.39 is 0 Å². The van der Waals surface area contributed by atoms with Crippen molar-refractivity contribution in [3.63, 3.8) is 0 Å². The highest BCUT2D eigenvalue weighted by Gasteiger charge is 2.27. The highest BCUT2D eigenvalue weighted by molar-refractivity contribution is 5.80. The number of aromatic nitrogens is 2. The maximum absolute atomic E-state index is 6.13. The minimum atomic E-state index is 0.183. The third-order valence-corrected chi connectivity index (χ3v) is 3.79. The van der Waals surface area contributed by atoms with E-state index in [9.17, 15) is 0 Å². The van der Waals surface area contributed by atoms with E-state index in [1.54, 1.807) is 18.0 Å². The maximum Gasteiger partial charge on any atom is 0.169 e. The molecule has 1 aromatic carbocycles. The summed E-state index contributed by atoms with van der Waals surface area (Å²) < 4.78 is 13.2. The van der Waals surface area contributed by atoms with Gasteiger partial charge >= 0.3 is 0 Å². The van der Waals surface area contributed by atoms with E-state index in [1.165, 1.54) is 0 Å². The zero-order valence-corrected chi connectivity index (χ0v) is 12.5. The van der Waals surface area contributed by atoms with Crippen LogP contribution in [0.1, 0.15) is 0 Å². The Labute approximate surface area is 124 Å². The number of anilines is 1. The molecule has 112 valence electrons. The number of methoxy groups -OCH3 is 1. The SMILES string of the molecule is COc1cccc(-c2cnn(C)c2N)c1OC1CN(C)C1. The summed E-state index contributed by atoms with van der Waals surface area (Å²) in [5, 5.41) is 4.20. The maximum atomic E-state index is 6.13. The molecule has 6 heteroatoms. The largest absolute Gasteiger partial charge is 0.493 e. The van der Waals surface area contributed by atoms with E-state index in [1.807, 2.05) is 25.2 Å². The molecule has 2 heterocycles. The van der Waals surface area contributed by atoms with Gasteiger partial charge in [-0.3, -0.25) is 9.58 Å². The normalized spacial score (nSPS) is 15.8. The molecule has 0 saturated carbocycles. The number of para-hydroxylation sites is 1. The fourth-order valence-corrected chi connectivity index (χ4v) is 2.55. The Morgan fingerprint density at radius 3 is 2.57 bits per heavy atom. The van der Waals surface area contributed by atoms with Crippen molar-refractivity contribution >= 4 is 5.82 Å². The van der Waals surface area contributed by atoms with Gasteiger partial charge in [-0.25, -0.2) is 0 Å². The van der Waals surface area contributed by atoms with Crippen molar-refractivity contribution in [2.24, 2.45) is 7.05 Å². The van der Waals surface area contributed by atoms with Gasteiger partial charge in [0.15, 0.2) is 11.5 Å². The minimum absolute atomic E-state index is 0.183. The number of likely N-dealkylation sites (N-methyl/N-ethyl adjacent to an activating group) is 1. The van der Waals surface area contributed by atoms with Crippen LogP contribution in [0.4, 0.5) is 5.82 Å². The first-order chi connectivity index (χ1) is 10.1. The zero-order valence-electron chi connectivity index (χ0n) is 12.5. The number of nitrogens with zero attached hydrogens (tertiary/aromatic N) is 3. The molecule has 0 amide bonds. The highest BCUT2D eigenvalue weighted by atomic mass is 16.5. The van der Waals surface area contributed by atoms with Gasteiger partial charge in [-0.2, -0.15) is 5.10 Å². The molecule has 0 spiro atoms. The van der Waals surface area contributed by atoms with E-state index >= 15 is 0 Å². The summed E-state index contributed by atoms with van der Waals surface area (Å²) in [5.74, 6) is 2.06. The quantitative estimate of drug-likeness (QED) is 0.920. The molecule has 6 nitrogen and oxygen atoms in total. The van der Waals surface area contributed by atoms with Gasteiger partial charge in [0.2, 0.25) is 0 Å². The molecule has 0 aliphatic carbocycles. The van der Waals surface area contributed by atoms with Crippen LogP contribution in [0.5, 0.6) is 11.5 Å². The molecule has 2 aromatic rings. The van der Waals surface area contributed by atoms with Crippen LogP contribution in [0.25, 0.3) is 11.1 Å². The number of rotatable bonds is 4. The van der Waals surface area contributed by atoms with Crippen molar-refractivity contribution in [3.05, 3.63) is 24.4 Å². The smallest absolute Gasteiger partial charge is 0.169 e. The number of benzene rings is 1. The van der Waals surface area contributed by atoms with Crippen LogP contribution in [0.15, 0.2) is 24.4 Å². The third-order valence-electron chi connectivity index (χ3n) is 3.79. The van der Waals surface area contributed by atoms with Crippen LogP contribution in [0.3, 0.4) is 0 Å². The molecule has 2 N–H and O–H groups in total. The van der Waals surface area contributed by atoms with Crippen LogP contribution in [-0.4, -0.2) is 48.0 Å². The summed E-state index contributed by atoms with van der Waals surface area (Å²) in [4.78, 5) is 2.21. The van der Waals surface area contributed by atoms with Gasteiger partial charge in [-0.05, 0) is 13.1 Å². The molecule has 0 radical (unpaired) electrons. The predicted molar refractivity (Wildman–Crippen MR) is 81.5 cm³/mol. The molecular formula is C15H20N4O2. The molecule has 1 aliphatic heterocycles. The van der Waals surface area contributed by atoms with Gasteiger partial charge in [0.05, 0.1) is 13.3 Å². The first-order valence-electron chi connectivity index (χ1n) is 6.90. The second-order valence-corrected chi connectivity index (χ2v) is 5.37. The number of hydrogen-bond donors (Lipinski definition) is 1. The van der Waals surface area contributed by atoms with Crippen molar-refractivity contribution in [1.82, 2.24) is 14.7 Å². The molecule has 21 heavy (non-hydrogen) atoms. The van der Waals surface area contributed by atoms with E-state index in [-0.39, 0.29) is 6.10 Å². The van der Waals surface area contributed by atoms with Gasteiger partial charge in [0, 0.05) is 31.3 Å². The van der Waals surface area contributed by atoms with Crippen molar-refractivity contribution in [2.75, 3.05) is 33.0 Å². The summed E-state index contributed by atoms with van der Waals surface area (Å²) in [6.45, 7) is 1.83. The third kappa shape index (κ3) is 2.42. The zero-order chi connectivity index (χ0) is 15.0. The van der Waals surface area contributed by atoms with Crippen LogP contribution in [0, 0.1) is 0 Å². The minimum Gasteiger partial charge on any atom is -0.493 e. The molecule has 1 fully saturated rings. The lowest BCUT2D eigenvalue weighted by Gasteiger charge is -2.36. The molecular weight excluding hydrogens is 268 g/mol. The lowest BCUT2D eigenvalue weighted by molar-refractivity contribution is 0.0374. The van der Waals surface area contributed by atoms with Crippen LogP contribution >= 0.6 is 0 Å². The average molecular weight is 288 g/mol. The average Bonchev–Trinajstić information content (AvgIpc) is 2.77. The molecule has 0 bridgehead atoms. The second-order valence-electron chi connectivity index (χ2n) is 5.37. The van der Waals surface area contributed by atoms with E-state index in [0.717, 1.165) is 30.0 Å². The number of hydrogen-bond acceptors (Lipinski definition) is 5. The number of likely N-dealkylation sites (tertiary alicyclic amines) is 1. The predicted octanol–water partition coefficient (Wildman–Crippen LogP) is 1.37. The lowest BCUT2D eigenvalue weighted by atomic mass is 10.1. The van der Waals surface area contributed by atoms with Gasteiger partial charge in [0.25, 0.3) is 0 Å². The van der Waals surface area contributed by atoms with E-state index in [4.69, 9.17) is 15.2 Å². The second kappa shape index (κ2) is 5.29. The van der Waals surface area contributed by atoms with Crippen LogP contribution in [0.2, 0.25) is 0 Å². The number of nitrogens with two attached hydrogens (primary N) is 1. The summed E-state index contributed by atoms with van der Waals surface area (Å²) in [6.07, 6.45) is 1.94. The Kier molecular flexibility index (Phi) is 3.47. The monoisotopic (exact) mass is 288 g/mol. The molecule has 3 rings (SSSR count). The van der Waals surface area contributed by atoms with E-state index in [0.29, 0.717) is 11.6 Å². The Hall–Kier alpha value is -2.21. The van der Waals surface area contributed by atoms with E-state index in [2.05, 4.69) is 17.0 Å². The highest BCUT2D eigenvalue weighted by Crippen LogP contribution is 2.41. The van der Waals surface area contributed by atoms with Gasteiger partial charge in [-0.1, -0.05) is 12.1 Å². The van der Waals surface area contributed by atoms with Gasteiger partial charge in [0.1, 0.15) is 11.9 Å².